The number of amides is 1. The number of piperazine rings is 1. The highest BCUT2D eigenvalue weighted by Gasteiger charge is 2.42. The first-order valence-electron chi connectivity index (χ1n) is 9.45. The zero-order valence-corrected chi connectivity index (χ0v) is 16.1. The molecular formula is C20H22N6O3. The van der Waals surface area contributed by atoms with Crippen LogP contribution in [0.25, 0.3) is 0 Å². The predicted octanol–water partition coefficient (Wildman–Crippen LogP) is 0.615. The van der Waals surface area contributed by atoms with Gasteiger partial charge in [0.1, 0.15) is 6.04 Å². The average Bonchev–Trinajstić information content (AvgIpc) is 2.79. The number of benzene rings is 1. The van der Waals surface area contributed by atoms with Crippen molar-refractivity contribution in [1.29, 1.82) is 0 Å². The lowest BCUT2D eigenvalue weighted by atomic mass is 9.91. The van der Waals surface area contributed by atoms with Gasteiger partial charge in [-0.25, -0.2) is 15.0 Å². The Morgan fingerprint density at radius 1 is 1.03 bits per heavy atom. The molecule has 0 unspecified atom stereocenters. The molecule has 0 bridgehead atoms. The van der Waals surface area contributed by atoms with Crippen molar-refractivity contribution in [2.45, 2.75) is 6.04 Å². The highest BCUT2D eigenvalue weighted by atomic mass is 16.5. The van der Waals surface area contributed by atoms with Crippen LogP contribution in [0.2, 0.25) is 0 Å². The van der Waals surface area contributed by atoms with Gasteiger partial charge >= 0.3 is 5.97 Å². The van der Waals surface area contributed by atoms with Crippen LogP contribution in [-0.2, 0) is 14.3 Å². The number of carbonyl (C=O) groups excluding carboxylic acids is 2. The number of carbonyl (C=O) groups is 2. The number of nitrogens with zero attached hydrogens (tertiary/aromatic N) is 5. The lowest BCUT2D eigenvalue weighted by Crippen LogP contribution is -2.57. The number of esters is 1. The van der Waals surface area contributed by atoms with Gasteiger partial charge in [0, 0.05) is 38.6 Å². The molecule has 2 aliphatic heterocycles. The van der Waals surface area contributed by atoms with Crippen LogP contribution in [0, 0.1) is 5.92 Å². The Morgan fingerprint density at radius 2 is 1.69 bits per heavy atom. The molecule has 2 aliphatic rings. The van der Waals surface area contributed by atoms with Gasteiger partial charge in [0.05, 0.1) is 7.11 Å². The van der Waals surface area contributed by atoms with Crippen molar-refractivity contribution < 1.29 is 14.3 Å². The second-order valence-electron chi connectivity index (χ2n) is 6.82. The number of hydrogen-bond acceptors (Lipinski definition) is 8. The van der Waals surface area contributed by atoms with Crippen molar-refractivity contribution in [1.82, 2.24) is 20.2 Å². The van der Waals surface area contributed by atoms with Crippen molar-refractivity contribution in [3.63, 3.8) is 0 Å². The molecular weight excluding hydrogens is 372 g/mol. The smallest absolute Gasteiger partial charge is 0.320 e. The fourth-order valence-electron chi connectivity index (χ4n) is 3.58. The van der Waals surface area contributed by atoms with Crippen LogP contribution in [0.15, 0.2) is 53.8 Å². The summed E-state index contributed by atoms with van der Waals surface area (Å²) in [4.78, 5) is 42.4. The van der Waals surface area contributed by atoms with E-state index in [1.807, 2.05) is 35.2 Å². The molecule has 1 aromatic heterocycles. The van der Waals surface area contributed by atoms with Gasteiger partial charge in [-0.15, -0.1) is 0 Å². The summed E-state index contributed by atoms with van der Waals surface area (Å²) in [5.41, 5.74) is 0.798. The highest BCUT2D eigenvalue weighted by molar-refractivity contribution is 6.08. The minimum absolute atomic E-state index is 0.399. The monoisotopic (exact) mass is 394 g/mol. The van der Waals surface area contributed by atoms with Gasteiger partial charge in [-0.2, -0.15) is 0 Å². The van der Waals surface area contributed by atoms with Gasteiger partial charge in [-0.3, -0.25) is 14.9 Å². The van der Waals surface area contributed by atoms with Gasteiger partial charge < -0.3 is 14.5 Å². The zero-order chi connectivity index (χ0) is 20.2. The standard InChI is InChI=1S/C20H22N6O3/c1-29-18(28)15-16(14-6-3-2-4-7-14)23-20(24-17(15)27)26-12-10-25(11-13-26)19-21-8-5-9-22-19/h2-9,15-16H,10-13H2,1H3,(H,23,24,27)/t15-,16+/m0/s1. The number of hydrogen-bond donors (Lipinski definition) is 1. The molecule has 0 aliphatic carbocycles. The summed E-state index contributed by atoms with van der Waals surface area (Å²) in [7, 11) is 1.28. The molecule has 29 heavy (non-hydrogen) atoms. The van der Waals surface area contributed by atoms with Crippen LogP contribution in [0.4, 0.5) is 5.95 Å². The van der Waals surface area contributed by atoms with Gasteiger partial charge in [0.2, 0.25) is 17.8 Å². The van der Waals surface area contributed by atoms with Crippen LogP contribution >= 0.6 is 0 Å². The first-order chi connectivity index (χ1) is 14.2. The first kappa shape index (κ1) is 18.9. The summed E-state index contributed by atoms with van der Waals surface area (Å²) in [6.07, 6.45) is 3.44. The van der Waals surface area contributed by atoms with E-state index in [9.17, 15) is 9.59 Å². The molecule has 9 heteroatoms. The number of guanidine groups is 1. The van der Waals surface area contributed by atoms with E-state index in [2.05, 4.69) is 20.2 Å². The molecule has 4 rings (SSSR count). The Hall–Kier alpha value is -3.49. The Kier molecular flexibility index (Phi) is 5.37. The van der Waals surface area contributed by atoms with E-state index < -0.39 is 23.8 Å². The zero-order valence-electron chi connectivity index (χ0n) is 16.1. The molecule has 1 amide bonds. The third-order valence-electron chi connectivity index (χ3n) is 5.10. The van der Waals surface area contributed by atoms with E-state index in [-0.39, 0.29) is 0 Å². The largest absolute Gasteiger partial charge is 0.468 e. The topological polar surface area (TPSA) is 100 Å². The van der Waals surface area contributed by atoms with Crippen molar-refractivity contribution in [2.24, 2.45) is 10.9 Å². The first-order valence-corrected chi connectivity index (χ1v) is 9.45. The van der Waals surface area contributed by atoms with Gasteiger partial charge in [-0.05, 0) is 11.6 Å². The third kappa shape index (κ3) is 3.89. The predicted molar refractivity (Wildman–Crippen MR) is 106 cm³/mol. The SMILES string of the molecule is COC(=O)[C@@H]1C(=O)NC(N2CCN(c3ncccn3)CC2)=N[C@@H]1c1ccccc1. The van der Waals surface area contributed by atoms with Gasteiger partial charge in [0.15, 0.2) is 5.92 Å². The minimum atomic E-state index is -1.01. The fourth-order valence-corrected chi connectivity index (χ4v) is 3.58. The molecule has 1 aromatic carbocycles. The van der Waals surface area contributed by atoms with E-state index in [0.717, 1.165) is 5.56 Å². The molecule has 1 saturated heterocycles. The summed E-state index contributed by atoms with van der Waals surface area (Å²) < 4.78 is 4.85. The quantitative estimate of drug-likeness (QED) is 0.602. The normalized spacial score (nSPS) is 22.0. The molecule has 1 fully saturated rings. The van der Waals surface area contributed by atoms with Gasteiger partial charge in [0.25, 0.3) is 0 Å². The molecule has 2 atom stereocenters. The van der Waals surface area contributed by atoms with E-state index >= 15 is 0 Å². The van der Waals surface area contributed by atoms with E-state index in [1.54, 1.807) is 18.5 Å². The maximum atomic E-state index is 12.8. The Balaban J connectivity index is 1.55. The molecule has 0 spiro atoms. The van der Waals surface area contributed by atoms with E-state index in [0.29, 0.717) is 38.1 Å². The molecule has 3 heterocycles. The summed E-state index contributed by atoms with van der Waals surface area (Å²) >= 11 is 0. The number of anilines is 1. The van der Waals surface area contributed by atoms with Crippen LogP contribution in [0.5, 0.6) is 0 Å². The summed E-state index contributed by atoms with van der Waals surface area (Å²) in [6.45, 7) is 2.72. The maximum absolute atomic E-state index is 12.8. The van der Waals surface area contributed by atoms with Crippen LogP contribution in [-0.4, -0.2) is 66.0 Å². The van der Waals surface area contributed by atoms with E-state index in [4.69, 9.17) is 9.73 Å². The molecule has 1 N–H and O–H groups in total. The number of rotatable bonds is 3. The van der Waals surface area contributed by atoms with Crippen molar-refractivity contribution in [3.8, 4) is 0 Å². The molecule has 9 nitrogen and oxygen atoms in total. The average molecular weight is 394 g/mol. The van der Waals surface area contributed by atoms with Gasteiger partial charge in [-0.1, -0.05) is 30.3 Å². The number of methoxy groups -OCH3 is 1. The summed E-state index contributed by atoms with van der Waals surface area (Å²) in [5.74, 6) is -0.827. The van der Waals surface area contributed by atoms with Crippen LogP contribution < -0.4 is 10.2 Å². The third-order valence-corrected chi connectivity index (χ3v) is 5.10. The summed E-state index contributed by atoms with van der Waals surface area (Å²) in [5, 5.41) is 2.79. The number of aliphatic imine (C=N–C) groups is 1. The highest BCUT2D eigenvalue weighted by Crippen LogP contribution is 2.30. The fraction of sp³-hybridized carbons (Fsp3) is 0.350. The second kappa shape index (κ2) is 8.26. The van der Waals surface area contributed by atoms with Crippen molar-refractivity contribution in [3.05, 3.63) is 54.4 Å². The number of aromatic nitrogens is 2. The lowest BCUT2D eigenvalue weighted by molar-refractivity contribution is -0.151. The molecule has 150 valence electrons. The van der Waals surface area contributed by atoms with Crippen molar-refractivity contribution in [2.75, 3.05) is 38.2 Å². The minimum Gasteiger partial charge on any atom is -0.468 e. The Labute approximate surface area is 168 Å². The molecule has 0 saturated carbocycles. The Morgan fingerprint density at radius 3 is 2.34 bits per heavy atom. The summed E-state index contributed by atoms with van der Waals surface area (Å²) in [6, 6.07) is 10.5. The molecule has 0 radical (unpaired) electrons. The second-order valence-corrected chi connectivity index (χ2v) is 6.82. The van der Waals surface area contributed by atoms with Crippen LogP contribution in [0.1, 0.15) is 11.6 Å². The van der Waals surface area contributed by atoms with E-state index in [1.165, 1.54) is 7.11 Å². The van der Waals surface area contributed by atoms with Crippen molar-refractivity contribution >= 4 is 23.8 Å². The lowest BCUT2D eigenvalue weighted by Gasteiger charge is -2.38. The Bertz CT molecular complexity index is 897. The maximum Gasteiger partial charge on any atom is 0.320 e. The number of nitrogens with one attached hydrogen (secondary N) is 1. The van der Waals surface area contributed by atoms with Crippen LogP contribution in [0.3, 0.4) is 0 Å². The molecule has 2 aromatic rings. The number of ether oxygens (including phenoxy) is 1.